The molecule has 0 aromatic heterocycles. The van der Waals surface area contributed by atoms with Crippen LogP contribution in [0.15, 0.2) is 18.2 Å². The van der Waals surface area contributed by atoms with E-state index in [1.807, 2.05) is 0 Å². The highest BCUT2D eigenvalue weighted by Gasteiger charge is 2.44. The number of nitrogens with one attached hydrogen (secondary N) is 1. The van der Waals surface area contributed by atoms with Crippen molar-refractivity contribution in [2.75, 3.05) is 39.4 Å². The highest BCUT2D eigenvalue weighted by molar-refractivity contribution is 5.81. The molecule has 0 amide bonds. The van der Waals surface area contributed by atoms with Gasteiger partial charge >= 0.3 is 12.1 Å². The van der Waals surface area contributed by atoms with Crippen molar-refractivity contribution in [2.24, 2.45) is 11.8 Å². The van der Waals surface area contributed by atoms with Gasteiger partial charge < -0.3 is 15.2 Å². The Morgan fingerprint density at radius 1 is 1.21 bits per heavy atom. The topological polar surface area (TPSA) is 61.8 Å². The molecule has 4 rings (SSSR count). The minimum absolute atomic E-state index is 0.182. The van der Waals surface area contributed by atoms with Crippen molar-refractivity contribution < 1.29 is 27.8 Å². The van der Waals surface area contributed by atoms with Crippen molar-refractivity contribution in [3.05, 3.63) is 34.9 Å². The van der Waals surface area contributed by atoms with Gasteiger partial charge in [0.25, 0.3) is 0 Å². The summed E-state index contributed by atoms with van der Waals surface area (Å²) in [5.41, 5.74) is -1.58. The van der Waals surface area contributed by atoms with Gasteiger partial charge in [-0.1, -0.05) is 12.1 Å². The summed E-state index contributed by atoms with van der Waals surface area (Å²) in [5.74, 6) is -0.0752. The normalized spacial score (nSPS) is 27.7. The number of halogens is 3. The molecular weight excluding hydrogens is 373 g/mol. The molecule has 3 fully saturated rings. The first-order valence-electron chi connectivity index (χ1n) is 9.74. The number of ether oxygens (including phenoxy) is 1. The third-order valence-electron chi connectivity index (χ3n) is 6.58. The van der Waals surface area contributed by atoms with Gasteiger partial charge in [0.1, 0.15) is 0 Å². The van der Waals surface area contributed by atoms with Gasteiger partial charge in [-0.05, 0) is 55.0 Å². The number of nitrogens with zero attached hydrogens (tertiary/aromatic N) is 1. The molecule has 3 aliphatic rings. The van der Waals surface area contributed by atoms with Crippen molar-refractivity contribution in [1.29, 1.82) is 0 Å². The molecule has 0 aliphatic carbocycles. The Morgan fingerprint density at radius 3 is 2.43 bits per heavy atom. The zero-order valence-corrected chi connectivity index (χ0v) is 15.6. The van der Waals surface area contributed by atoms with Gasteiger partial charge in [-0.25, -0.2) is 0 Å². The number of benzene rings is 1. The number of carboxylic acids is 1. The molecule has 8 heteroatoms. The van der Waals surface area contributed by atoms with E-state index in [9.17, 15) is 23.1 Å². The van der Waals surface area contributed by atoms with Crippen LogP contribution in [0.1, 0.15) is 29.5 Å². The molecule has 0 saturated carbocycles. The van der Waals surface area contributed by atoms with Crippen LogP contribution in [0.2, 0.25) is 0 Å². The van der Waals surface area contributed by atoms with Gasteiger partial charge in [-0.3, -0.25) is 9.69 Å². The molecule has 3 heterocycles. The average molecular weight is 398 g/mol. The monoisotopic (exact) mass is 398 g/mol. The van der Waals surface area contributed by atoms with E-state index >= 15 is 0 Å². The number of alkyl halides is 3. The van der Waals surface area contributed by atoms with Crippen LogP contribution < -0.4 is 5.32 Å². The maximum absolute atomic E-state index is 13.8. The Hall–Kier alpha value is -1.64. The van der Waals surface area contributed by atoms with Crippen molar-refractivity contribution in [3.63, 3.8) is 0 Å². The largest absolute Gasteiger partial charge is 0.481 e. The molecule has 1 aromatic rings. The summed E-state index contributed by atoms with van der Waals surface area (Å²) in [6, 6.07) is 4.11. The number of rotatable bonds is 4. The fourth-order valence-corrected chi connectivity index (χ4v) is 4.94. The summed E-state index contributed by atoms with van der Waals surface area (Å²) < 4.78 is 46.7. The maximum atomic E-state index is 13.8. The minimum Gasteiger partial charge on any atom is -0.481 e. The van der Waals surface area contributed by atoms with E-state index in [1.54, 1.807) is 6.07 Å². The molecule has 5 nitrogen and oxygen atoms in total. The molecule has 154 valence electrons. The van der Waals surface area contributed by atoms with Gasteiger partial charge in [0, 0.05) is 32.8 Å². The fraction of sp³-hybridized carbons (Fsp3) is 0.650. The fourth-order valence-electron chi connectivity index (χ4n) is 4.94. The van der Waals surface area contributed by atoms with E-state index in [-0.39, 0.29) is 43.7 Å². The summed E-state index contributed by atoms with van der Waals surface area (Å²) in [7, 11) is 0. The number of likely N-dealkylation sites (tertiary alicyclic amines) is 1. The average Bonchev–Trinajstić information content (AvgIpc) is 3.23. The molecule has 3 aliphatic heterocycles. The summed E-state index contributed by atoms with van der Waals surface area (Å²) in [6.07, 6.45) is -4.16. The second kappa shape index (κ2) is 7.31. The predicted molar refractivity (Wildman–Crippen MR) is 95.9 cm³/mol. The standard InChI is InChI=1S/C20H25F3N2O3/c21-20(22,23)17-7-16(19(18(26)27)3-5-28-6-4-19)2-1-13(17)10-25-11-14-8-24-9-15(14)12-25/h1-2,7,14-15,24H,3-6,8-12H2,(H,26,27). The smallest absolute Gasteiger partial charge is 0.416 e. The van der Waals surface area contributed by atoms with Crippen molar-refractivity contribution in [2.45, 2.75) is 31.0 Å². The predicted octanol–water partition coefficient (Wildman–Crippen LogP) is 2.49. The number of fused-ring (bicyclic) bond motifs is 1. The number of carbonyl (C=O) groups is 1. The third-order valence-corrected chi connectivity index (χ3v) is 6.58. The summed E-state index contributed by atoms with van der Waals surface area (Å²) in [5, 5.41) is 13.1. The van der Waals surface area contributed by atoms with E-state index in [0.717, 1.165) is 32.2 Å². The molecule has 3 saturated heterocycles. The van der Waals surface area contributed by atoms with Crippen LogP contribution in [0.5, 0.6) is 0 Å². The van der Waals surface area contributed by atoms with Gasteiger partial charge in [0.2, 0.25) is 0 Å². The second-order valence-corrected chi connectivity index (χ2v) is 8.24. The Labute approximate surface area is 161 Å². The van der Waals surface area contributed by atoms with Crippen LogP contribution in [0.4, 0.5) is 13.2 Å². The minimum atomic E-state index is -4.52. The van der Waals surface area contributed by atoms with Gasteiger partial charge in [-0.15, -0.1) is 0 Å². The first-order valence-corrected chi connectivity index (χ1v) is 9.74. The van der Waals surface area contributed by atoms with E-state index in [1.165, 1.54) is 6.07 Å². The molecule has 2 unspecified atom stereocenters. The number of hydrogen-bond donors (Lipinski definition) is 2. The lowest BCUT2D eigenvalue weighted by atomic mass is 9.73. The molecular formula is C20H25F3N2O3. The quantitative estimate of drug-likeness (QED) is 0.816. The maximum Gasteiger partial charge on any atom is 0.416 e. The van der Waals surface area contributed by atoms with Gasteiger partial charge in [-0.2, -0.15) is 13.2 Å². The zero-order valence-electron chi connectivity index (χ0n) is 15.6. The molecule has 2 atom stereocenters. The lowest BCUT2D eigenvalue weighted by Crippen LogP contribution is -2.41. The van der Waals surface area contributed by atoms with Crippen LogP contribution in [0.3, 0.4) is 0 Å². The molecule has 0 bridgehead atoms. The Morgan fingerprint density at radius 2 is 1.86 bits per heavy atom. The van der Waals surface area contributed by atoms with E-state index in [2.05, 4.69) is 10.2 Å². The highest BCUT2D eigenvalue weighted by Crippen LogP contribution is 2.40. The Balaban J connectivity index is 1.64. The van der Waals surface area contributed by atoms with E-state index in [0.29, 0.717) is 11.8 Å². The third kappa shape index (κ3) is 3.53. The first-order chi connectivity index (χ1) is 13.3. The molecule has 0 spiro atoms. The highest BCUT2D eigenvalue weighted by atomic mass is 19.4. The number of aliphatic carboxylic acids is 1. The van der Waals surface area contributed by atoms with Gasteiger partial charge in [0.15, 0.2) is 0 Å². The van der Waals surface area contributed by atoms with E-state index in [4.69, 9.17) is 4.74 Å². The SMILES string of the molecule is O=C(O)C1(c2ccc(CN3CC4CNCC4C3)c(C(F)(F)F)c2)CCOCC1. The van der Waals surface area contributed by atoms with Crippen molar-refractivity contribution >= 4 is 5.97 Å². The van der Waals surface area contributed by atoms with Crippen molar-refractivity contribution in [1.82, 2.24) is 10.2 Å². The van der Waals surface area contributed by atoms with Gasteiger partial charge in [0.05, 0.1) is 11.0 Å². The van der Waals surface area contributed by atoms with Crippen molar-refractivity contribution in [3.8, 4) is 0 Å². The van der Waals surface area contributed by atoms with Crippen LogP contribution in [0.25, 0.3) is 0 Å². The number of hydrogen-bond acceptors (Lipinski definition) is 4. The van der Waals surface area contributed by atoms with Crippen LogP contribution in [-0.2, 0) is 27.7 Å². The molecule has 2 N–H and O–H groups in total. The van der Waals surface area contributed by atoms with Crippen LogP contribution in [-0.4, -0.2) is 55.4 Å². The Bertz CT molecular complexity index is 735. The van der Waals surface area contributed by atoms with E-state index < -0.39 is 23.1 Å². The molecule has 0 radical (unpaired) electrons. The Kier molecular flexibility index (Phi) is 5.14. The second-order valence-electron chi connectivity index (χ2n) is 8.24. The molecule has 28 heavy (non-hydrogen) atoms. The summed E-state index contributed by atoms with van der Waals surface area (Å²) in [6.45, 7) is 4.16. The summed E-state index contributed by atoms with van der Waals surface area (Å²) >= 11 is 0. The van der Waals surface area contributed by atoms with Crippen LogP contribution >= 0.6 is 0 Å². The summed E-state index contributed by atoms with van der Waals surface area (Å²) in [4.78, 5) is 14.0. The first kappa shape index (κ1) is 19.7. The number of carboxylic acid groups (broad SMARTS) is 1. The van der Waals surface area contributed by atoms with Crippen LogP contribution in [0, 0.1) is 11.8 Å². The lowest BCUT2D eigenvalue weighted by molar-refractivity contribution is -0.148. The zero-order chi connectivity index (χ0) is 19.9. The molecule has 1 aromatic carbocycles. The lowest BCUT2D eigenvalue weighted by Gasteiger charge is -2.34.